The lowest BCUT2D eigenvalue weighted by molar-refractivity contribution is -0.246. The molecule has 5 heteroatoms. The van der Waals surface area contributed by atoms with Crippen molar-refractivity contribution in [1.82, 2.24) is 0 Å². The van der Waals surface area contributed by atoms with Gasteiger partial charge in [0.25, 0.3) is 0 Å². The molecule has 5 nitrogen and oxygen atoms in total. The summed E-state index contributed by atoms with van der Waals surface area (Å²) in [6, 6.07) is 0. The van der Waals surface area contributed by atoms with Crippen LogP contribution in [0.25, 0.3) is 0 Å². The Labute approximate surface area is 267 Å². The Morgan fingerprint density at radius 2 is 1.45 bits per heavy atom. The summed E-state index contributed by atoms with van der Waals surface area (Å²) < 4.78 is 6.50. The van der Waals surface area contributed by atoms with Gasteiger partial charge in [-0.05, 0) is 142 Å². The molecule has 0 aliphatic heterocycles. The van der Waals surface area contributed by atoms with E-state index >= 15 is 0 Å². The fourth-order valence-corrected chi connectivity index (χ4v) is 13.9. The van der Waals surface area contributed by atoms with Crippen molar-refractivity contribution in [2.45, 2.75) is 151 Å². The third-order valence-electron chi connectivity index (χ3n) is 17.3. The number of hydrogen-bond acceptors (Lipinski definition) is 4. The number of hydrogen-bond donors (Lipinski definition) is 2. The van der Waals surface area contributed by atoms with Crippen LogP contribution in [-0.2, 0) is 14.3 Å². The van der Waals surface area contributed by atoms with Crippen LogP contribution in [0.1, 0.15) is 139 Å². The summed E-state index contributed by atoms with van der Waals surface area (Å²) in [5, 5.41) is 10.0. The molecule has 3 N–H and O–H groups in total. The second kappa shape index (κ2) is 9.83. The second-order valence-corrected chi connectivity index (χ2v) is 19.2. The first kappa shape index (κ1) is 32.6. The summed E-state index contributed by atoms with van der Waals surface area (Å²) >= 11 is 0. The SMILES string of the molecule is C=C(C)C1CC[C@]2(N)CC[C@]3(C)[C@H](CC[C@@H]4[C@@]5(C)CC[C@H](OC(=O)C6CC[C@@](C)(C(=O)O)C6(C)C)C(C)(C)[C@@H]5CC[C@]43C)[C@@H]12. The number of carboxylic acid groups (broad SMARTS) is 1. The van der Waals surface area contributed by atoms with Crippen LogP contribution >= 0.6 is 0 Å². The molecule has 0 aromatic rings. The highest BCUT2D eigenvalue weighted by Crippen LogP contribution is 2.76. The van der Waals surface area contributed by atoms with Crippen molar-refractivity contribution in [2.24, 2.45) is 73.7 Å². The van der Waals surface area contributed by atoms with Gasteiger partial charge < -0.3 is 15.6 Å². The maximum absolute atomic E-state index is 13.8. The molecule has 0 spiro atoms. The molecule has 248 valence electrons. The van der Waals surface area contributed by atoms with Crippen molar-refractivity contribution in [3.63, 3.8) is 0 Å². The minimum Gasteiger partial charge on any atom is -0.481 e. The van der Waals surface area contributed by atoms with E-state index in [9.17, 15) is 14.7 Å². The topological polar surface area (TPSA) is 89.6 Å². The Morgan fingerprint density at radius 1 is 0.773 bits per heavy atom. The highest BCUT2D eigenvalue weighted by atomic mass is 16.5. The van der Waals surface area contributed by atoms with Gasteiger partial charge in [-0.1, -0.05) is 60.6 Å². The predicted octanol–water partition coefficient (Wildman–Crippen LogP) is 8.79. The maximum atomic E-state index is 13.8. The normalized spacial score (nSPS) is 52.2. The number of ether oxygens (including phenoxy) is 1. The average molecular weight is 610 g/mol. The Hall–Kier alpha value is -1.36. The van der Waals surface area contributed by atoms with Gasteiger partial charge in [-0.15, -0.1) is 0 Å². The van der Waals surface area contributed by atoms with E-state index in [0.717, 1.165) is 25.7 Å². The third kappa shape index (κ3) is 3.98. The second-order valence-electron chi connectivity index (χ2n) is 19.2. The molecule has 12 atom stereocenters. The van der Waals surface area contributed by atoms with Gasteiger partial charge >= 0.3 is 11.9 Å². The highest BCUT2D eigenvalue weighted by Gasteiger charge is 2.71. The number of fused-ring (bicyclic) bond motifs is 7. The van der Waals surface area contributed by atoms with Gasteiger partial charge in [-0.25, -0.2) is 0 Å². The number of carboxylic acids is 1. The van der Waals surface area contributed by atoms with Gasteiger partial charge in [0, 0.05) is 11.0 Å². The van der Waals surface area contributed by atoms with Crippen LogP contribution in [0, 0.1) is 68.0 Å². The van der Waals surface area contributed by atoms with Gasteiger partial charge in [-0.3, -0.25) is 9.59 Å². The summed E-state index contributed by atoms with van der Waals surface area (Å²) in [6.07, 6.45) is 12.7. The molecular weight excluding hydrogens is 546 g/mol. The van der Waals surface area contributed by atoms with Crippen molar-refractivity contribution in [3.05, 3.63) is 12.2 Å². The summed E-state index contributed by atoms with van der Waals surface area (Å²) in [6.45, 7) is 25.1. The van der Waals surface area contributed by atoms with Gasteiger partial charge in [0.15, 0.2) is 0 Å². The average Bonchev–Trinajstić information content (AvgIpc) is 3.40. The zero-order chi connectivity index (χ0) is 32.5. The molecule has 0 aromatic carbocycles. The van der Waals surface area contributed by atoms with Crippen LogP contribution in [0.4, 0.5) is 0 Å². The summed E-state index contributed by atoms with van der Waals surface area (Å²) in [4.78, 5) is 26.0. The van der Waals surface area contributed by atoms with Gasteiger partial charge in [0.1, 0.15) is 6.10 Å². The lowest BCUT2D eigenvalue weighted by atomic mass is 9.32. The van der Waals surface area contributed by atoms with Crippen LogP contribution < -0.4 is 5.73 Å². The Balaban J connectivity index is 1.24. The van der Waals surface area contributed by atoms with E-state index in [-0.39, 0.29) is 45.2 Å². The minimum absolute atomic E-state index is 0.0161. The van der Waals surface area contributed by atoms with E-state index in [0.29, 0.717) is 42.4 Å². The molecule has 6 aliphatic carbocycles. The van der Waals surface area contributed by atoms with Gasteiger partial charge in [0.05, 0.1) is 11.3 Å². The van der Waals surface area contributed by atoms with Crippen molar-refractivity contribution in [3.8, 4) is 0 Å². The molecule has 0 bridgehead atoms. The molecule has 0 aromatic heterocycles. The van der Waals surface area contributed by atoms with Gasteiger partial charge in [-0.2, -0.15) is 0 Å². The summed E-state index contributed by atoms with van der Waals surface area (Å²) in [5.74, 6) is 1.60. The number of allylic oxidation sites excluding steroid dienone is 1. The van der Waals surface area contributed by atoms with E-state index in [1.165, 1.54) is 44.1 Å². The van der Waals surface area contributed by atoms with Crippen LogP contribution in [0.5, 0.6) is 0 Å². The van der Waals surface area contributed by atoms with Crippen molar-refractivity contribution in [2.75, 3.05) is 0 Å². The quantitative estimate of drug-likeness (QED) is 0.246. The smallest absolute Gasteiger partial charge is 0.309 e. The number of esters is 1. The van der Waals surface area contributed by atoms with E-state index in [1.807, 2.05) is 13.8 Å². The lowest BCUT2D eigenvalue weighted by Gasteiger charge is -2.72. The van der Waals surface area contributed by atoms with Crippen molar-refractivity contribution >= 4 is 11.9 Å². The predicted molar refractivity (Wildman–Crippen MR) is 176 cm³/mol. The molecule has 6 rings (SSSR count). The minimum atomic E-state index is -0.911. The first-order valence-electron chi connectivity index (χ1n) is 18.1. The third-order valence-corrected chi connectivity index (χ3v) is 17.3. The van der Waals surface area contributed by atoms with Crippen LogP contribution in [0.15, 0.2) is 12.2 Å². The van der Waals surface area contributed by atoms with E-state index in [4.69, 9.17) is 10.5 Å². The number of carbonyl (C=O) groups is 2. The molecular formula is C39H63NO4. The highest BCUT2D eigenvalue weighted by molar-refractivity contribution is 5.81. The van der Waals surface area contributed by atoms with Crippen LogP contribution in [-0.4, -0.2) is 28.7 Å². The summed E-state index contributed by atoms with van der Waals surface area (Å²) in [5.41, 5.74) is 7.69. The Kier molecular flexibility index (Phi) is 7.28. The fourth-order valence-electron chi connectivity index (χ4n) is 13.9. The lowest BCUT2D eigenvalue weighted by Crippen LogP contribution is -2.68. The molecule has 0 radical (unpaired) electrons. The largest absolute Gasteiger partial charge is 0.481 e. The fraction of sp³-hybridized carbons (Fsp3) is 0.897. The molecule has 6 fully saturated rings. The number of aliphatic carboxylic acids is 1. The first-order chi connectivity index (χ1) is 20.2. The molecule has 6 aliphatic rings. The van der Waals surface area contributed by atoms with Crippen LogP contribution in [0.3, 0.4) is 0 Å². The Bertz CT molecular complexity index is 1240. The van der Waals surface area contributed by atoms with Crippen molar-refractivity contribution in [1.29, 1.82) is 0 Å². The number of nitrogens with two attached hydrogens (primary N) is 1. The standard InChI is InChI=1S/C39H63NO4/c1-23(2)24-13-20-39(40)22-21-36(8)25(30(24)39)11-12-28-35(7)17-16-29(33(3,4)27(35)15-19-37(28,36)9)44-31(41)26-14-18-38(10,32(42)43)34(26,5)6/h24-30H,1,11-22,40H2,2-10H3,(H,42,43)/t24?,25-,26?,27+,28-,29+,30-,35+,36-,37-,38+,39+/m1/s1. The molecule has 44 heavy (non-hydrogen) atoms. The zero-order valence-electron chi connectivity index (χ0n) is 29.5. The van der Waals surface area contributed by atoms with E-state index < -0.39 is 16.8 Å². The monoisotopic (exact) mass is 609 g/mol. The molecule has 6 saturated carbocycles. The first-order valence-corrected chi connectivity index (χ1v) is 18.1. The van der Waals surface area contributed by atoms with Gasteiger partial charge in [0.2, 0.25) is 0 Å². The number of carbonyl (C=O) groups excluding carboxylic acids is 1. The number of rotatable bonds is 4. The van der Waals surface area contributed by atoms with Crippen LogP contribution in [0.2, 0.25) is 0 Å². The molecule has 0 amide bonds. The summed E-state index contributed by atoms with van der Waals surface area (Å²) in [7, 11) is 0. The van der Waals surface area contributed by atoms with E-state index in [2.05, 4.69) is 48.1 Å². The molecule has 0 saturated heterocycles. The zero-order valence-corrected chi connectivity index (χ0v) is 29.5. The molecule has 0 heterocycles. The Morgan fingerprint density at radius 3 is 2.07 bits per heavy atom. The molecule has 2 unspecified atom stereocenters. The maximum Gasteiger partial charge on any atom is 0.309 e. The van der Waals surface area contributed by atoms with E-state index in [1.54, 1.807) is 6.92 Å². The van der Waals surface area contributed by atoms with Crippen molar-refractivity contribution < 1.29 is 19.4 Å².